The van der Waals surface area contributed by atoms with E-state index in [9.17, 15) is 8.42 Å². The number of nitrogens with zero attached hydrogens (tertiary/aromatic N) is 2. The minimum absolute atomic E-state index is 0.179. The van der Waals surface area contributed by atoms with Crippen molar-refractivity contribution < 1.29 is 8.42 Å². The topological polar surface area (TPSA) is 66.6 Å². The number of hydrogen-bond acceptors (Lipinski definition) is 4. The predicted molar refractivity (Wildman–Crippen MR) is 81.3 cm³/mol. The van der Waals surface area contributed by atoms with Crippen molar-refractivity contribution in [2.75, 3.05) is 25.9 Å². The van der Waals surface area contributed by atoms with Gasteiger partial charge in [-0.3, -0.25) is 4.90 Å². The average molecular weight is 318 g/mol. The third-order valence-electron chi connectivity index (χ3n) is 3.93. The number of benzene rings is 1. The lowest BCUT2D eigenvalue weighted by molar-refractivity contribution is 0.105. The van der Waals surface area contributed by atoms with Crippen molar-refractivity contribution >= 4 is 27.3 Å². The molecule has 0 amide bonds. The standard InChI is InChI=1S/C13H20ClN3O2S/c1-9-7-17(8-10(2)16(9)3)20(18,19)11-4-5-12(14)13(15)6-11/h4-6,9-10H,7-8,15H2,1-3H3. The molecule has 2 atom stereocenters. The molecule has 0 bridgehead atoms. The van der Waals surface area contributed by atoms with E-state index in [1.807, 2.05) is 20.9 Å². The maximum Gasteiger partial charge on any atom is 0.243 e. The zero-order chi connectivity index (χ0) is 15.1. The summed E-state index contributed by atoms with van der Waals surface area (Å²) in [7, 11) is -1.51. The van der Waals surface area contributed by atoms with E-state index in [1.54, 1.807) is 0 Å². The number of likely N-dealkylation sites (N-methyl/N-ethyl adjacent to an activating group) is 1. The second-order valence-electron chi connectivity index (χ2n) is 5.37. The Morgan fingerprint density at radius 1 is 1.25 bits per heavy atom. The molecule has 2 rings (SSSR count). The number of hydrogen-bond donors (Lipinski definition) is 1. The summed E-state index contributed by atoms with van der Waals surface area (Å²) in [4.78, 5) is 2.38. The number of rotatable bonds is 2. The van der Waals surface area contributed by atoms with Crippen LogP contribution in [0.25, 0.3) is 0 Å². The van der Waals surface area contributed by atoms with E-state index in [1.165, 1.54) is 22.5 Å². The summed E-state index contributed by atoms with van der Waals surface area (Å²) >= 11 is 5.84. The largest absolute Gasteiger partial charge is 0.397 e. The number of anilines is 1. The van der Waals surface area contributed by atoms with E-state index in [2.05, 4.69) is 4.90 Å². The minimum Gasteiger partial charge on any atom is -0.397 e. The molecule has 1 aromatic carbocycles. The van der Waals surface area contributed by atoms with Gasteiger partial charge in [-0.2, -0.15) is 4.31 Å². The molecule has 2 unspecified atom stereocenters. The Hall–Kier alpha value is -0.820. The second kappa shape index (κ2) is 5.52. The van der Waals surface area contributed by atoms with Gasteiger partial charge in [0, 0.05) is 25.2 Å². The van der Waals surface area contributed by atoms with Gasteiger partial charge in [0.25, 0.3) is 0 Å². The summed E-state index contributed by atoms with van der Waals surface area (Å²) in [5.41, 5.74) is 5.98. The minimum atomic E-state index is -3.52. The second-order valence-corrected chi connectivity index (χ2v) is 7.71. The van der Waals surface area contributed by atoms with Crippen LogP contribution in [0.3, 0.4) is 0 Å². The molecule has 0 spiro atoms. The van der Waals surface area contributed by atoms with Crippen LogP contribution in [0.2, 0.25) is 5.02 Å². The highest BCUT2D eigenvalue weighted by molar-refractivity contribution is 7.89. The van der Waals surface area contributed by atoms with Crippen molar-refractivity contribution in [3.05, 3.63) is 23.2 Å². The fraction of sp³-hybridized carbons (Fsp3) is 0.538. The predicted octanol–water partition coefficient (Wildman–Crippen LogP) is 1.64. The van der Waals surface area contributed by atoms with Crippen LogP contribution in [-0.4, -0.2) is 49.8 Å². The van der Waals surface area contributed by atoms with Crippen molar-refractivity contribution in [2.24, 2.45) is 0 Å². The summed E-state index contributed by atoms with van der Waals surface area (Å²) in [6.07, 6.45) is 0. The molecular weight excluding hydrogens is 298 g/mol. The molecule has 0 radical (unpaired) electrons. The molecule has 5 nitrogen and oxygen atoms in total. The molecule has 1 fully saturated rings. The van der Waals surface area contributed by atoms with E-state index in [4.69, 9.17) is 17.3 Å². The van der Waals surface area contributed by atoms with Crippen LogP contribution in [0.1, 0.15) is 13.8 Å². The molecule has 1 saturated heterocycles. The molecule has 7 heteroatoms. The molecule has 1 aromatic rings. The van der Waals surface area contributed by atoms with E-state index in [0.717, 1.165) is 0 Å². The first kappa shape index (κ1) is 15.6. The Balaban J connectivity index is 2.33. The van der Waals surface area contributed by atoms with Crippen LogP contribution in [-0.2, 0) is 10.0 Å². The summed E-state index contributed by atoms with van der Waals surface area (Å²) in [6, 6.07) is 4.80. The van der Waals surface area contributed by atoms with Gasteiger partial charge in [0.2, 0.25) is 10.0 Å². The van der Waals surface area contributed by atoms with Gasteiger partial charge >= 0.3 is 0 Å². The molecule has 1 heterocycles. The molecule has 112 valence electrons. The summed E-state index contributed by atoms with van der Waals surface area (Å²) in [5, 5.41) is 0.365. The van der Waals surface area contributed by atoms with Gasteiger partial charge < -0.3 is 5.73 Å². The number of halogens is 1. The van der Waals surface area contributed by atoms with E-state index in [-0.39, 0.29) is 22.7 Å². The Morgan fingerprint density at radius 3 is 2.30 bits per heavy atom. The highest BCUT2D eigenvalue weighted by Gasteiger charge is 2.34. The lowest BCUT2D eigenvalue weighted by Gasteiger charge is -2.41. The fourth-order valence-electron chi connectivity index (χ4n) is 2.38. The van der Waals surface area contributed by atoms with Crippen molar-refractivity contribution in [1.29, 1.82) is 0 Å². The van der Waals surface area contributed by atoms with Gasteiger partial charge in [-0.1, -0.05) is 11.6 Å². The lowest BCUT2D eigenvalue weighted by Crippen LogP contribution is -2.56. The van der Waals surface area contributed by atoms with Crippen LogP contribution in [0.5, 0.6) is 0 Å². The smallest absolute Gasteiger partial charge is 0.243 e. The van der Waals surface area contributed by atoms with Crippen molar-refractivity contribution in [3.63, 3.8) is 0 Å². The average Bonchev–Trinajstić information content (AvgIpc) is 2.38. The van der Waals surface area contributed by atoms with Gasteiger partial charge in [0.1, 0.15) is 0 Å². The highest BCUT2D eigenvalue weighted by atomic mass is 35.5. The maximum atomic E-state index is 12.7. The molecular formula is C13H20ClN3O2S. The van der Waals surface area contributed by atoms with Crippen LogP contribution < -0.4 is 5.73 Å². The van der Waals surface area contributed by atoms with Gasteiger partial charge in [-0.05, 0) is 39.1 Å². The Morgan fingerprint density at radius 2 is 1.80 bits per heavy atom. The first-order valence-electron chi connectivity index (χ1n) is 6.50. The Kier molecular flexibility index (Phi) is 4.30. The van der Waals surface area contributed by atoms with E-state index >= 15 is 0 Å². The lowest BCUT2D eigenvalue weighted by atomic mass is 10.1. The van der Waals surface area contributed by atoms with Gasteiger partial charge in [-0.15, -0.1) is 0 Å². The number of sulfonamides is 1. The zero-order valence-electron chi connectivity index (χ0n) is 11.9. The SMILES string of the molecule is CC1CN(S(=O)(=O)c2ccc(Cl)c(N)c2)CC(C)N1C. The summed E-state index contributed by atoms with van der Waals surface area (Å²) in [5.74, 6) is 0. The van der Waals surface area contributed by atoms with Crippen LogP contribution in [0.4, 0.5) is 5.69 Å². The number of nitrogens with two attached hydrogens (primary N) is 1. The van der Waals surface area contributed by atoms with Gasteiger partial charge in [0.15, 0.2) is 0 Å². The molecule has 0 saturated carbocycles. The first-order chi connectivity index (χ1) is 9.23. The van der Waals surface area contributed by atoms with Gasteiger partial charge in [0.05, 0.1) is 15.6 Å². The van der Waals surface area contributed by atoms with Crippen molar-refractivity contribution in [2.45, 2.75) is 30.8 Å². The normalized spacial score (nSPS) is 25.8. The van der Waals surface area contributed by atoms with E-state index < -0.39 is 10.0 Å². The Bertz CT molecular complexity index is 594. The highest BCUT2D eigenvalue weighted by Crippen LogP contribution is 2.26. The molecule has 2 N–H and O–H groups in total. The third kappa shape index (κ3) is 2.79. The van der Waals surface area contributed by atoms with Crippen LogP contribution in [0.15, 0.2) is 23.1 Å². The number of nitrogen functional groups attached to an aromatic ring is 1. The Labute approximate surface area is 125 Å². The number of piperazine rings is 1. The summed E-state index contributed by atoms with van der Waals surface area (Å²) < 4.78 is 26.8. The quantitative estimate of drug-likeness (QED) is 0.842. The molecule has 1 aliphatic rings. The molecule has 0 aromatic heterocycles. The maximum absolute atomic E-state index is 12.7. The monoisotopic (exact) mass is 317 g/mol. The van der Waals surface area contributed by atoms with Crippen molar-refractivity contribution in [1.82, 2.24) is 9.21 Å². The first-order valence-corrected chi connectivity index (χ1v) is 8.32. The molecule has 0 aliphatic carbocycles. The van der Waals surface area contributed by atoms with Gasteiger partial charge in [-0.25, -0.2) is 8.42 Å². The molecule has 1 aliphatic heterocycles. The van der Waals surface area contributed by atoms with Crippen LogP contribution in [0, 0.1) is 0 Å². The zero-order valence-corrected chi connectivity index (χ0v) is 13.4. The fourth-order valence-corrected chi connectivity index (χ4v) is 4.14. The van der Waals surface area contributed by atoms with Crippen molar-refractivity contribution in [3.8, 4) is 0 Å². The third-order valence-corrected chi connectivity index (χ3v) is 6.10. The van der Waals surface area contributed by atoms with E-state index in [0.29, 0.717) is 18.1 Å². The van der Waals surface area contributed by atoms with Crippen LogP contribution >= 0.6 is 11.6 Å². The molecule has 20 heavy (non-hydrogen) atoms. The summed E-state index contributed by atoms with van der Waals surface area (Å²) in [6.45, 7) is 5.00.